The number of nitrogens with one attached hydrogen (secondary N) is 1. The largest absolute Gasteiger partial charge is 0.444 e. The van der Waals surface area contributed by atoms with E-state index >= 15 is 0 Å². The van der Waals surface area contributed by atoms with Crippen molar-refractivity contribution in [2.24, 2.45) is 0 Å². The Hall–Kier alpha value is -3.03. The van der Waals surface area contributed by atoms with Gasteiger partial charge in [-0.3, -0.25) is 0 Å². The lowest BCUT2D eigenvalue weighted by Crippen LogP contribution is -2.43. The Morgan fingerprint density at radius 3 is 2.25 bits per heavy atom. The molecule has 1 heterocycles. The number of aromatic nitrogens is 1. The Morgan fingerprint density at radius 1 is 1.00 bits per heavy atom. The number of amides is 2. The Kier molecular flexibility index (Phi) is 7.66. The summed E-state index contributed by atoms with van der Waals surface area (Å²) in [7, 11) is 0. The molecule has 3 aliphatic rings. The number of rotatable bonds is 7. The second-order valence-corrected chi connectivity index (χ2v) is 14.0. The molecule has 1 aromatic heterocycles. The van der Waals surface area contributed by atoms with Crippen LogP contribution in [0, 0.1) is 0 Å². The van der Waals surface area contributed by atoms with Gasteiger partial charge in [0.05, 0.1) is 5.69 Å². The number of ether oxygens (including phenoxy) is 2. The van der Waals surface area contributed by atoms with E-state index < -0.39 is 11.2 Å². The minimum atomic E-state index is -0.556. The lowest BCUT2D eigenvalue weighted by molar-refractivity contribution is 0.0204. The molecular weight excluding hydrogens is 506 g/mol. The van der Waals surface area contributed by atoms with Crippen molar-refractivity contribution >= 4 is 12.2 Å². The highest BCUT2D eigenvalue weighted by atomic mass is 16.6. The molecule has 8 nitrogen and oxygen atoms in total. The topological polar surface area (TPSA) is 93.9 Å². The second-order valence-electron chi connectivity index (χ2n) is 14.0. The smallest absolute Gasteiger partial charge is 0.410 e. The van der Waals surface area contributed by atoms with Gasteiger partial charge in [-0.15, -0.1) is 0 Å². The van der Waals surface area contributed by atoms with Gasteiger partial charge in [0.1, 0.15) is 17.0 Å². The fourth-order valence-corrected chi connectivity index (χ4v) is 5.92. The molecule has 3 fully saturated rings. The summed E-state index contributed by atoms with van der Waals surface area (Å²) in [6.07, 6.45) is 5.91. The van der Waals surface area contributed by atoms with E-state index in [2.05, 4.69) is 40.8 Å². The fraction of sp³-hybridized carbons (Fsp3) is 0.656. The Balaban J connectivity index is 1.22. The van der Waals surface area contributed by atoms with E-state index in [1.807, 2.05) is 52.5 Å². The Morgan fingerprint density at radius 2 is 1.65 bits per heavy atom. The molecule has 0 unspecified atom stereocenters. The molecule has 1 aromatic carbocycles. The number of alkyl carbamates (subject to hydrolysis) is 1. The molecule has 3 saturated carbocycles. The molecule has 2 amide bonds. The van der Waals surface area contributed by atoms with Crippen molar-refractivity contribution in [2.45, 2.75) is 127 Å². The summed E-state index contributed by atoms with van der Waals surface area (Å²) < 4.78 is 17.2. The zero-order chi connectivity index (χ0) is 28.7. The maximum absolute atomic E-state index is 13.4. The van der Waals surface area contributed by atoms with Crippen molar-refractivity contribution in [3.8, 4) is 0 Å². The summed E-state index contributed by atoms with van der Waals surface area (Å²) >= 11 is 0. The molecule has 0 spiro atoms. The first-order valence-corrected chi connectivity index (χ1v) is 14.8. The van der Waals surface area contributed by atoms with E-state index in [0.29, 0.717) is 18.4 Å². The van der Waals surface area contributed by atoms with Gasteiger partial charge in [-0.1, -0.05) is 35.5 Å². The normalized spacial score (nSPS) is 25.6. The van der Waals surface area contributed by atoms with E-state index in [0.717, 1.165) is 56.4 Å². The number of hydrogen-bond donors (Lipinski definition) is 1. The zero-order valence-electron chi connectivity index (χ0n) is 24.9. The number of carbonyl (C=O) groups excluding carboxylic acids is 2. The Bertz CT molecular complexity index is 1180. The minimum Gasteiger partial charge on any atom is -0.444 e. The van der Waals surface area contributed by atoms with Gasteiger partial charge in [-0.05, 0) is 92.1 Å². The summed E-state index contributed by atoms with van der Waals surface area (Å²) in [6.45, 7) is 11.9. The van der Waals surface area contributed by atoms with Crippen LogP contribution >= 0.6 is 0 Å². The molecule has 2 aromatic rings. The third-order valence-electron chi connectivity index (χ3n) is 8.26. The van der Waals surface area contributed by atoms with Crippen LogP contribution in [0.25, 0.3) is 0 Å². The van der Waals surface area contributed by atoms with Gasteiger partial charge in [0.25, 0.3) is 0 Å². The van der Waals surface area contributed by atoms with Crippen molar-refractivity contribution in [1.82, 2.24) is 15.4 Å². The first-order valence-electron chi connectivity index (χ1n) is 14.8. The van der Waals surface area contributed by atoms with Crippen LogP contribution in [0.5, 0.6) is 0 Å². The first kappa shape index (κ1) is 28.5. The number of hydrogen-bond acceptors (Lipinski definition) is 6. The van der Waals surface area contributed by atoms with Gasteiger partial charge in [0.2, 0.25) is 0 Å². The standard InChI is InChI=1S/C32H45N3O5/c1-30(2,3)38-28(36)33-23-14-12-22(13-15-23)25-19-27(40-34-25)32(16-17-32)20-35(29(37)39-31(4,5)6)26-18-24(26)21-10-8-7-9-11-21/h7-11,19,22-24,26H,12-18,20H2,1-6H3,(H,33,36)/t22?,23?,24-,26+/m0/s1. The molecule has 3 aliphatic carbocycles. The number of carbonyl (C=O) groups is 2. The lowest BCUT2D eigenvalue weighted by Gasteiger charge is -2.30. The minimum absolute atomic E-state index is 0.116. The van der Waals surface area contributed by atoms with Crippen LogP contribution in [0.15, 0.2) is 40.9 Å². The van der Waals surface area contributed by atoms with Crippen LogP contribution in [0.1, 0.15) is 115 Å². The molecule has 2 atom stereocenters. The molecule has 0 aliphatic heterocycles. The van der Waals surface area contributed by atoms with E-state index in [9.17, 15) is 9.59 Å². The molecular formula is C32H45N3O5. The molecule has 1 N–H and O–H groups in total. The van der Waals surface area contributed by atoms with Gasteiger partial charge in [-0.25, -0.2) is 9.59 Å². The molecule has 0 bridgehead atoms. The maximum atomic E-state index is 13.4. The quantitative estimate of drug-likeness (QED) is 0.396. The van der Waals surface area contributed by atoms with Crippen molar-refractivity contribution in [3.05, 3.63) is 53.4 Å². The van der Waals surface area contributed by atoms with Crippen LogP contribution in [0.3, 0.4) is 0 Å². The third kappa shape index (κ3) is 6.99. The van der Waals surface area contributed by atoms with Crippen LogP contribution < -0.4 is 5.32 Å². The summed E-state index contributed by atoms with van der Waals surface area (Å²) in [5, 5.41) is 7.51. The average Bonchev–Trinajstić information content (AvgIpc) is 3.78. The van der Waals surface area contributed by atoms with E-state index in [-0.39, 0.29) is 29.7 Å². The van der Waals surface area contributed by atoms with Crippen molar-refractivity contribution in [2.75, 3.05) is 6.54 Å². The van der Waals surface area contributed by atoms with E-state index in [4.69, 9.17) is 14.0 Å². The van der Waals surface area contributed by atoms with Gasteiger partial charge < -0.3 is 24.2 Å². The predicted molar refractivity (Wildman–Crippen MR) is 152 cm³/mol. The highest BCUT2D eigenvalue weighted by Crippen LogP contribution is 2.53. The molecule has 5 rings (SSSR count). The van der Waals surface area contributed by atoms with Crippen molar-refractivity contribution < 1.29 is 23.6 Å². The first-order chi connectivity index (χ1) is 18.8. The monoisotopic (exact) mass is 551 g/mol. The predicted octanol–water partition coefficient (Wildman–Crippen LogP) is 7.05. The molecule has 0 saturated heterocycles. The second kappa shape index (κ2) is 10.7. The van der Waals surface area contributed by atoms with Crippen LogP contribution in [0.2, 0.25) is 0 Å². The molecule has 40 heavy (non-hydrogen) atoms. The van der Waals surface area contributed by atoms with Gasteiger partial charge >= 0.3 is 12.2 Å². The van der Waals surface area contributed by atoms with Crippen LogP contribution in [-0.4, -0.2) is 52.1 Å². The highest BCUT2D eigenvalue weighted by molar-refractivity contribution is 5.70. The van der Waals surface area contributed by atoms with Crippen molar-refractivity contribution in [1.29, 1.82) is 0 Å². The maximum Gasteiger partial charge on any atom is 0.410 e. The number of nitrogens with zero attached hydrogens (tertiary/aromatic N) is 2. The summed E-state index contributed by atoms with van der Waals surface area (Å²) in [6, 6.07) is 12.8. The van der Waals surface area contributed by atoms with Crippen LogP contribution in [0.4, 0.5) is 9.59 Å². The lowest BCUT2D eigenvalue weighted by atomic mass is 9.84. The van der Waals surface area contributed by atoms with Gasteiger partial charge in [0.15, 0.2) is 0 Å². The fourth-order valence-electron chi connectivity index (χ4n) is 5.92. The molecule has 8 heteroatoms. The summed E-state index contributed by atoms with van der Waals surface area (Å²) in [5.74, 6) is 1.51. The van der Waals surface area contributed by atoms with Gasteiger partial charge in [0, 0.05) is 41.9 Å². The van der Waals surface area contributed by atoms with Gasteiger partial charge in [-0.2, -0.15) is 0 Å². The molecule has 218 valence electrons. The average molecular weight is 552 g/mol. The summed E-state index contributed by atoms with van der Waals surface area (Å²) in [5.41, 5.74) is 0.985. The SMILES string of the molecule is CC(C)(C)OC(=O)NC1CCC(c2cc(C3(CN(C(=O)OC(C)(C)C)[C@@H]4C[C@H]4c4ccccc4)CC3)on2)CC1. The highest BCUT2D eigenvalue weighted by Gasteiger charge is 2.55. The van der Waals surface area contributed by atoms with E-state index in [1.165, 1.54) is 5.56 Å². The summed E-state index contributed by atoms with van der Waals surface area (Å²) in [4.78, 5) is 27.5. The Labute approximate surface area is 238 Å². The van der Waals surface area contributed by atoms with Crippen molar-refractivity contribution in [3.63, 3.8) is 0 Å². The zero-order valence-corrected chi connectivity index (χ0v) is 24.9. The molecule has 0 radical (unpaired) electrons. The van der Waals surface area contributed by atoms with Crippen LogP contribution in [-0.2, 0) is 14.9 Å². The number of benzene rings is 1. The third-order valence-corrected chi connectivity index (χ3v) is 8.26. The van der Waals surface area contributed by atoms with E-state index in [1.54, 1.807) is 0 Å².